The minimum Gasteiger partial charge on any atom is -0.358 e. The zero-order valence-electron chi connectivity index (χ0n) is 11.0. The van der Waals surface area contributed by atoms with Crippen LogP contribution in [0, 0.1) is 0 Å². The molecular weight excluding hydrogens is 346 g/mol. The second-order valence-electron chi connectivity index (χ2n) is 4.38. The van der Waals surface area contributed by atoms with E-state index in [1.165, 1.54) is 17.4 Å². The molecule has 110 valence electrons. The molecule has 1 aromatic rings. The lowest BCUT2D eigenvalue weighted by molar-refractivity contribution is -0.124. The molecule has 0 bridgehead atoms. The van der Waals surface area contributed by atoms with Crippen molar-refractivity contribution in [1.29, 1.82) is 0 Å². The number of rotatable bonds is 3. The molecule has 0 saturated carbocycles. The number of carbonyl (C=O) groups excluding carboxylic acids is 1. The Morgan fingerprint density at radius 1 is 1.45 bits per heavy atom. The first kappa shape index (κ1) is 15.4. The molecule has 1 saturated heterocycles. The summed E-state index contributed by atoms with van der Waals surface area (Å²) in [5, 5.41) is 5.55. The lowest BCUT2D eigenvalue weighted by Gasteiger charge is -2.34. The number of carbonyl (C=O) groups is 1. The summed E-state index contributed by atoms with van der Waals surface area (Å²) in [4.78, 5) is 12.0. The van der Waals surface area contributed by atoms with E-state index >= 15 is 0 Å². The first-order chi connectivity index (χ1) is 9.48. The number of halogens is 1. The van der Waals surface area contributed by atoms with Crippen LogP contribution < -0.4 is 10.6 Å². The van der Waals surface area contributed by atoms with E-state index in [-0.39, 0.29) is 17.3 Å². The Morgan fingerprint density at radius 2 is 2.15 bits per heavy atom. The minimum atomic E-state index is -3.71. The van der Waals surface area contributed by atoms with Crippen molar-refractivity contribution in [3.8, 4) is 0 Å². The predicted octanol–water partition coefficient (Wildman–Crippen LogP) is 0.158. The standard InChI is InChI=1S/C12H16BrN3O3S/c1-14-12(17)10-8-15-6-7-16(10)20(18,19)11-5-3-2-4-9(11)13/h2-5,10,15H,6-8H2,1H3,(H,14,17). The van der Waals surface area contributed by atoms with E-state index in [0.29, 0.717) is 17.6 Å². The monoisotopic (exact) mass is 361 g/mol. The van der Waals surface area contributed by atoms with Crippen LogP contribution in [0.25, 0.3) is 0 Å². The van der Waals surface area contributed by atoms with Crippen molar-refractivity contribution in [3.05, 3.63) is 28.7 Å². The fraction of sp³-hybridized carbons (Fsp3) is 0.417. The maximum absolute atomic E-state index is 12.7. The van der Waals surface area contributed by atoms with Crippen LogP contribution in [-0.2, 0) is 14.8 Å². The molecule has 1 aromatic carbocycles. The second-order valence-corrected chi connectivity index (χ2v) is 7.09. The molecule has 0 spiro atoms. The summed E-state index contributed by atoms with van der Waals surface area (Å²) < 4.78 is 27.2. The smallest absolute Gasteiger partial charge is 0.245 e. The third-order valence-corrected chi connectivity index (χ3v) is 6.09. The Balaban J connectivity index is 2.41. The minimum absolute atomic E-state index is 0.177. The van der Waals surface area contributed by atoms with Crippen molar-refractivity contribution in [2.45, 2.75) is 10.9 Å². The van der Waals surface area contributed by atoms with Gasteiger partial charge in [0.25, 0.3) is 0 Å². The number of sulfonamides is 1. The van der Waals surface area contributed by atoms with E-state index in [1.54, 1.807) is 18.2 Å². The van der Waals surface area contributed by atoms with Gasteiger partial charge in [-0.25, -0.2) is 8.42 Å². The molecule has 0 radical (unpaired) electrons. The molecule has 1 aliphatic heterocycles. The lowest BCUT2D eigenvalue weighted by atomic mass is 10.2. The van der Waals surface area contributed by atoms with Gasteiger partial charge in [0.05, 0.1) is 4.90 Å². The van der Waals surface area contributed by atoms with Crippen LogP contribution in [0.5, 0.6) is 0 Å². The average Bonchev–Trinajstić information content (AvgIpc) is 2.46. The van der Waals surface area contributed by atoms with Gasteiger partial charge in [-0.1, -0.05) is 12.1 Å². The number of likely N-dealkylation sites (N-methyl/N-ethyl adjacent to an activating group) is 1. The van der Waals surface area contributed by atoms with Crippen molar-refractivity contribution < 1.29 is 13.2 Å². The van der Waals surface area contributed by atoms with Gasteiger partial charge in [0.2, 0.25) is 15.9 Å². The summed E-state index contributed by atoms with van der Waals surface area (Å²) in [6.45, 7) is 1.10. The molecule has 1 unspecified atom stereocenters. The highest BCUT2D eigenvalue weighted by Gasteiger charge is 2.37. The molecule has 0 aromatic heterocycles. The summed E-state index contributed by atoms with van der Waals surface area (Å²) in [6.07, 6.45) is 0. The van der Waals surface area contributed by atoms with Gasteiger partial charge in [-0.15, -0.1) is 0 Å². The maximum Gasteiger partial charge on any atom is 0.245 e. The Bertz CT molecular complexity index is 606. The quantitative estimate of drug-likeness (QED) is 0.803. The molecule has 2 rings (SSSR count). The first-order valence-electron chi connectivity index (χ1n) is 6.17. The maximum atomic E-state index is 12.7. The van der Waals surface area contributed by atoms with Gasteiger partial charge < -0.3 is 10.6 Å². The Kier molecular flexibility index (Phi) is 4.79. The third-order valence-electron chi connectivity index (χ3n) is 3.17. The molecule has 1 atom stereocenters. The first-order valence-corrected chi connectivity index (χ1v) is 8.40. The third kappa shape index (κ3) is 2.88. The molecule has 2 N–H and O–H groups in total. The Morgan fingerprint density at radius 3 is 2.80 bits per heavy atom. The lowest BCUT2D eigenvalue weighted by Crippen LogP contribution is -2.59. The number of benzene rings is 1. The van der Waals surface area contributed by atoms with Crippen molar-refractivity contribution in [3.63, 3.8) is 0 Å². The van der Waals surface area contributed by atoms with Crippen LogP contribution in [0.3, 0.4) is 0 Å². The summed E-state index contributed by atoms with van der Waals surface area (Å²) in [5.41, 5.74) is 0. The largest absolute Gasteiger partial charge is 0.358 e. The predicted molar refractivity (Wildman–Crippen MR) is 78.8 cm³/mol. The highest BCUT2D eigenvalue weighted by molar-refractivity contribution is 9.10. The van der Waals surface area contributed by atoms with Crippen LogP contribution in [0.2, 0.25) is 0 Å². The van der Waals surface area contributed by atoms with Crippen molar-refractivity contribution >= 4 is 31.9 Å². The van der Waals surface area contributed by atoms with E-state index in [9.17, 15) is 13.2 Å². The molecule has 1 aliphatic rings. The Hall–Kier alpha value is -0.960. The number of amides is 1. The topological polar surface area (TPSA) is 78.5 Å². The van der Waals surface area contributed by atoms with Crippen molar-refractivity contribution in [1.82, 2.24) is 14.9 Å². The number of hydrogen-bond donors (Lipinski definition) is 2. The summed E-state index contributed by atoms with van der Waals surface area (Å²) in [6, 6.07) is 5.88. The van der Waals surface area contributed by atoms with Gasteiger partial charge in [0, 0.05) is 31.2 Å². The fourth-order valence-corrected chi connectivity index (χ4v) is 4.70. The second kappa shape index (κ2) is 6.21. The van der Waals surface area contributed by atoms with Gasteiger partial charge in [-0.2, -0.15) is 4.31 Å². The molecule has 1 heterocycles. The zero-order chi connectivity index (χ0) is 14.8. The Labute approximate surface area is 126 Å². The molecule has 1 fully saturated rings. The van der Waals surface area contributed by atoms with E-state index in [1.807, 2.05) is 0 Å². The summed E-state index contributed by atoms with van der Waals surface area (Å²) in [5.74, 6) is -0.312. The van der Waals surface area contributed by atoms with Gasteiger partial charge in [-0.05, 0) is 28.1 Å². The molecular formula is C12H16BrN3O3S. The van der Waals surface area contributed by atoms with E-state index in [4.69, 9.17) is 0 Å². The highest BCUT2D eigenvalue weighted by atomic mass is 79.9. The number of nitrogens with one attached hydrogen (secondary N) is 2. The van der Waals surface area contributed by atoms with Gasteiger partial charge in [0.1, 0.15) is 6.04 Å². The molecule has 8 heteroatoms. The molecule has 1 amide bonds. The number of hydrogen-bond acceptors (Lipinski definition) is 4. The fourth-order valence-electron chi connectivity index (χ4n) is 2.14. The molecule has 0 aliphatic carbocycles. The average molecular weight is 362 g/mol. The van der Waals surface area contributed by atoms with Crippen LogP contribution in [-0.4, -0.2) is 51.4 Å². The molecule has 20 heavy (non-hydrogen) atoms. The SMILES string of the molecule is CNC(=O)C1CNCCN1S(=O)(=O)c1ccccc1Br. The van der Waals surface area contributed by atoms with Gasteiger partial charge in [-0.3, -0.25) is 4.79 Å². The van der Waals surface area contributed by atoms with E-state index in [2.05, 4.69) is 26.6 Å². The van der Waals surface area contributed by atoms with E-state index < -0.39 is 16.1 Å². The van der Waals surface area contributed by atoms with Crippen LogP contribution >= 0.6 is 15.9 Å². The van der Waals surface area contributed by atoms with Gasteiger partial charge in [0.15, 0.2) is 0 Å². The number of piperazine rings is 1. The van der Waals surface area contributed by atoms with E-state index in [0.717, 1.165) is 0 Å². The molecule has 6 nitrogen and oxygen atoms in total. The van der Waals surface area contributed by atoms with Crippen LogP contribution in [0.1, 0.15) is 0 Å². The van der Waals surface area contributed by atoms with Gasteiger partial charge >= 0.3 is 0 Å². The summed E-state index contributed by atoms with van der Waals surface area (Å²) >= 11 is 3.25. The zero-order valence-corrected chi connectivity index (χ0v) is 13.4. The van der Waals surface area contributed by atoms with Crippen LogP contribution in [0.4, 0.5) is 0 Å². The highest BCUT2D eigenvalue weighted by Crippen LogP contribution is 2.26. The van der Waals surface area contributed by atoms with Crippen molar-refractivity contribution in [2.75, 3.05) is 26.7 Å². The number of nitrogens with zero attached hydrogens (tertiary/aromatic N) is 1. The normalized spacial score (nSPS) is 20.6. The van der Waals surface area contributed by atoms with Crippen molar-refractivity contribution in [2.24, 2.45) is 0 Å². The van der Waals surface area contributed by atoms with Crippen LogP contribution in [0.15, 0.2) is 33.6 Å². The summed E-state index contributed by atoms with van der Waals surface area (Å²) in [7, 11) is -2.21.